The number of thiophene rings is 2. The Kier molecular flexibility index (Phi) is 4.20. The molecule has 1 aromatic carbocycles. The van der Waals surface area contributed by atoms with E-state index in [-0.39, 0.29) is 0 Å². The standard InChI is InChI=1S/C14H18S2Si.C6H5.Bi/c1-9-7-12(15-11(9)3)13-8-10(2)14(16-13)17(4,5)6;1-2-4-6-5-3-1;/h1-6H3;1-5H;. The van der Waals surface area contributed by atoms with Crippen molar-refractivity contribution in [3.63, 3.8) is 0 Å². The number of rotatable bonds is 2. The van der Waals surface area contributed by atoms with Crippen LogP contribution in [0, 0.1) is 20.8 Å². The van der Waals surface area contributed by atoms with Gasteiger partial charge in [0.05, 0.1) is 0 Å². The molecule has 3 heterocycles. The van der Waals surface area contributed by atoms with Crippen molar-refractivity contribution in [3.05, 3.63) is 46.3 Å². The summed E-state index contributed by atoms with van der Waals surface area (Å²) in [5.74, 6) is 0. The Labute approximate surface area is 162 Å². The first kappa shape index (κ1) is 17.1. The van der Waals surface area contributed by atoms with E-state index in [2.05, 4.69) is 93.4 Å². The molecule has 0 bridgehead atoms. The van der Waals surface area contributed by atoms with E-state index in [1.807, 2.05) is 3.27 Å². The predicted octanol–water partition coefficient (Wildman–Crippen LogP) is 3.78. The summed E-state index contributed by atoms with van der Waals surface area (Å²) in [4.78, 5) is 4.82. The molecule has 24 heavy (non-hydrogen) atoms. The molecule has 0 saturated carbocycles. The van der Waals surface area contributed by atoms with Gasteiger partial charge in [-0.15, -0.1) is 0 Å². The van der Waals surface area contributed by atoms with Gasteiger partial charge in [-0.2, -0.15) is 0 Å². The number of benzene rings is 1. The fourth-order valence-corrected chi connectivity index (χ4v) is 23.8. The first-order chi connectivity index (χ1) is 11.3. The van der Waals surface area contributed by atoms with Crippen LogP contribution in [0.3, 0.4) is 0 Å². The fraction of sp³-hybridized carbons (Fsp3) is 0.300. The molecular weight excluding hydrogens is 541 g/mol. The van der Waals surface area contributed by atoms with Crippen LogP contribution in [0.5, 0.6) is 0 Å². The summed E-state index contributed by atoms with van der Waals surface area (Å²) in [7, 11) is -1.27. The Hall–Kier alpha value is -0.280. The molecule has 0 fully saturated rings. The Morgan fingerprint density at radius 3 is 2.00 bits per heavy atom. The van der Waals surface area contributed by atoms with E-state index < -0.39 is 29.8 Å². The average Bonchev–Trinajstić information content (AvgIpc) is 3.12. The molecule has 2 aromatic heterocycles. The second kappa shape index (κ2) is 5.87. The zero-order chi connectivity index (χ0) is 17.2. The van der Waals surface area contributed by atoms with Gasteiger partial charge >= 0.3 is 163 Å². The van der Waals surface area contributed by atoms with E-state index in [1.54, 1.807) is 31.9 Å². The second-order valence-corrected chi connectivity index (χ2v) is 23.3. The molecule has 0 N–H and O–H groups in total. The van der Waals surface area contributed by atoms with Crippen molar-refractivity contribution in [2.24, 2.45) is 0 Å². The third kappa shape index (κ3) is 2.45. The van der Waals surface area contributed by atoms with E-state index in [0.29, 0.717) is 0 Å². The number of fused-ring (bicyclic) bond motifs is 3. The van der Waals surface area contributed by atoms with Gasteiger partial charge in [-0.1, -0.05) is 0 Å². The first-order valence-corrected chi connectivity index (χ1v) is 18.7. The van der Waals surface area contributed by atoms with E-state index >= 15 is 0 Å². The molecule has 1 aliphatic heterocycles. The summed E-state index contributed by atoms with van der Waals surface area (Å²) in [6, 6.07) is 11.4. The summed E-state index contributed by atoms with van der Waals surface area (Å²) in [6.07, 6.45) is 0. The van der Waals surface area contributed by atoms with Crippen LogP contribution in [-0.2, 0) is 0 Å². The van der Waals surface area contributed by atoms with E-state index in [0.717, 1.165) is 0 Å². The summed E-state index contributed by atoms with van der Waals surface area (Å²) in [5.41, 5.74) is 3.25. The van der Waals surface area contributed by atoms with Gasteiger partial charge in [0.15, 0.2) is 0 Å². The summed E-state index contributed by atoms with van der Waals surface area (Å²) < 4.78 is 6.97. The van der Waals surface area contributed by atoms with Gasteiger partial charge in [0.25, 0.3) is 0 Å². The molecule has 0 radical (unpaired) electrons. The zero-order valence-corrected chi connectivity index (χ0v) is 21.3. The molecule has 1 aliphatic rings. The van der Waals surface area contributed by atoms with Crippen molar-refractivity contribution in [2.75, 3.05) is 0 Å². The SMILES string of the molecule is Cc1sc2[c](c1C)[Bi]([c]1ccccc1)[c]1c-2sc([Si](C)(C)C)c1C. The number of hydrogen-bond donors (Lipinski definition) is 0. The van der Waals surface area contributed by atoms with Gasteiger partial charge in [-0.25, -0.2) is 0 Å². The van der Waals surface area contributed by atoms with Crippen LogP contribution in [0.25, 0.3) is 9.75 Å². The number of aryl methyl sites for hydroxylation is 1. The third-order valence-electron chi connectivity index (χ3n) is 4.82. The average molecular weight is 565 g/mol. The Bertz CT molecular complexity index is 929. The second-order valence-electron chi connectivity index (χ2n) is 7.62. The van der Waals surface area contributed by atoms with Gasteiger partial charge in [0.2, 0.25) is 0 Å². The first-order valence-electron chi connectivity index (χ1n) is 8.40. The van der Waals surface area contributed by atoms with Gasteiger partial charge in [-0.3, -0.25) is 0 Å². The van der Waals surface area contributed by atoms with Crippen LogP contribution in [0.1, 0.15) is 16.0 Å². The van der Waals surface area contributed by atoms with Gasteiger partial charge in [0.1, 0.15) is 0 Å². The molecule has 0 saturated heterocycles. The maximum atomic E-state index is 2.50. The monoisotopic (exact) mass is 564 g/mol. The van der Waals surface area contributed by atoms with E-state index in [1.165, 1.54) is 4.88 Å². The zero-order valence-electron chi connectivity index (χ0n) is 15.2. The van der Waals surface area contributed by atoms with Crippen LogP contribution in [-0.4, -0.2) is 29.8 Å². The fourth-order valence-electron chi connectivity index (χ4n) is 3.63. The quantitative estimate of drug-likeness (QED) is 0.326. The van der Waals surface area contributed by atoms with E-state index in [9.17, 15) is 0 Å². The molecule has 0 spiro atoms. The molecule has 0 aliphatic carbocycles. The van der Waals surface area contributed by atoms with Crippen molar-refractivity contribution in [3.8, 4) is 9.75 Å². The van der Waals surface area contributed by atoms with E-state index in [4.69, 9.17) is 0 Å². The topological polar surface area (TPSA) is 0 Å². The normalized spacial score (nSPS) is 14.1. The maximum absolute atomic E-state index is 2.50. The van der Waals surface area contributed by atoms with Crippen molar-refractivity contribution in [1.82, 2.24) is 0 Å². The summed E-state index contributed by atoms with van der Waals surface area (Å²) in [6.45, 7) is 14.6. The Morgan fingerprint density at radius 2 is 1.38 bits per heavy atom. The third-order valence-corrected chi connectivity index (χ3v) is 23.4. The van der Waals surface area contributed by atoms with Crippen molar-refractivity contribution in [1.29, 1.82) is 0 Å². The molecule has 124 valence electrons. The van der Waals surface area contributed by atoms with Crippen LogP contribution < -0.4 is 14.3 Å². The molecule has 0 unspecified atom stereocenters. The Balaban J connectivity index is 2.05. The molecule has 0 atom stereocenters. The molecule has 4 rings (SSSR count). The van der Waals surface area contributed by atoms with Crippen LogP contribution in [0.2, 0.25) is 19.6 Å². The Morgan fingerprint density at radius 1 is 0.792 bits per heavy atom. The summed E-state index contributed by atoms with van der Waals surface area (Å²) >= 11 is 2.09. The van der Waals surface area contributed by atoms with Gasteiger partial charge in [0, 0.05) is 0 Å². The van der Waals surface area contributed by atoms with Gasteiger partial charge in [-0.05, 0) is 0 Å². The summed E-state index contributed by atoms with van der Waals surface area (Å²) in [5, 5.41) is 0. The van der Waals surface area contributed by atoms with Crippen LogP contribution in [0.15, 0.2) is 30.3 Å². The van der Waals surface area contributed by atoms with Crippen LogP contribution in [0.4, 0.5) is 0 Å². The molecule has 3 aromatic rings. The van der Waals surface area contributed by atoms with Crippen molar-refractivity contribution < 1.29 is 0 Å². The molecular formula is C20H23BiS2Si. The molecule has 0 nitrogen and oxygen atoms in total. The molecule has 4 heteroatoms. The van der Waals surface area contributed by atoms with Gasteiger partial charge < -0.3 is 0 Å². The van der Waals surface area contributed by atoms with Crippen molar-refractivity contribution >= 4 is 66.8 Å². The minimum absolute atomic E-state index is 1.27. The predicted molar refractivity (Wildman–Crippen MR) is 116 cm³/mol. The van der Waals surface area contributed by atoms with Crippen LogP contribution >= 0.6 is 22.7 Å². The number of hydrogen-bond acceptors (Lipinski definition) is 2. The minimum atomic E-state index is -2.11. The molecule has 0 amide bonds. The van der Waals surface area contributed by atoms with Crippen molar-refractivity contribution in [2.45, 2.75) is 40.4 Å².